The van der Waals surface area contributed by atoms with Crippen molar-refractivity contribution >= 4 is 5.97 Å². The van der Waals surface area contributed by atoms with Crippen LogP contribution < -0.4 is 5.32 Å². The number of likely N-dealkylation sites (tertiary alicyclic amines) is 1. The van der Waals surface area contributed by atoms with Crippen LogP contribution in [0.3, 0.4) is 0 Å². The summed E-state index contributed by atoms with van der Waals surface area (Å²) in [6, 6.07) is 2.56. The largest absolute Gasteiger partial charge is 0.463 e. The summed E-state index contributed by atoms with van der Waals surface area (Å²) < 4.78 is 10.0. The van der Waals surface area contributed by atoms with E-state index in [1.807, 2.05) is 6.07 Å². The van der Waals surface area contributed by atoms with E-state index in [0.717, 1.165) is 37.7 Å². The minimum atomic E-state index is -0.388. The second kappa shape index (κ2) is 6.62. The first-order valence-electron chi connectivity index (χ1n) is 7.88. The molecule has 3 heterocycles. The first kappa shape index (κ1) is 14.6. The van der Waals surface area contributed by atoms with E-state index in [-0.39, 0.29) is 5.97 Å². The molecule has 2 aliphatic heterocycles. The maximum Gasteiger partial charge on any atom is 0.374 e. The summed E-state index contributed by atoms with van der Waals surface area (Å²) in [4.78, 5) is 14.1. The molecule has 0 amide bonds. The Bertz CT molecular complexity index is 480. The van der Waals surface area contributed by atoms with Crippen LogP contribution in [0.1, 0.15) is 41.8 Å². The molecule has 116 valence electrons. The van der Waals surface area contributed by atoms with Crippen molar-refractivity contribution in [2.24, 2.45) is 5.92 Å². The molecule has 2 fully saturated rings. The lowest BCUT2D eigenvalue weighted by molar-refractivity contribution is 0.0560. The van der Waals surface area contributed by atoms with E-state index in [9.17, 15) is 4.79 Å². The van der Waals surface area contributed by atoms with Gasteiger partial charge in [-0.1, -0.05) is 0 Å². The van der Waals surface area contributed by atoms with Gasteiger partial charge in [0.15, 0.2) is 0 Å². The zero-order valence-electron chi connectivity index (χ0n) is 12.6. The standard InChI is InChI=1S/C16H24N2O3/c1-20-16(19)15-13(6-9-21-15)11-18-8-3-4-12(10-18)14-5-2-7-17-14/h6,9,12,14,17H,2-5,7-8,10-11H2,1H3. The van der Waals surface area contributed by atoms with Crippen molar-refractivity contribution < 1.29 is 13.9 Å². The number of esters is 1. The fourth-order valence-electron chi connectivity index (χ4n) is 3.65. The van der Waals surface area contributed by atoms with Gasteiger partial charge in [0.05, 0.1) is 13.4 Å². The maximum atomic E-state index is 11.7. The Balaban J connectivity index is 1.62. The fraction of sp³-hybridized carbons (Fsp3) is 0.688. The zero-order valence-corrected chi connectivity index (χ0v) is 12.6. The van der Waals surface area contributed by atoms with Crippen LogP contribution in [0.4, 0.5) is 0 Å². The molecule has 0 spiro atoms. The van der Waals surface area contributed by atoms with E-state index in [4.69, 9.17) is 9.15 Å². The summed E-state index contributed by atoms with van der Waals surface area (Å²) in [5.41, 5.74) is 0.932. The number of ether oxygens (including phenoxy) is 1. The number of carbonyl (C=O) groups excluding carboxylic acids is 1. The van der Waals surface area contributed by atoms with Crippen molar-refractivity contribution in [3.63, 3.8) is 0 Å². The number of nitrogens with one attached hydrogen (secondary N) is 1. The summed E-state index contributed by atoms with van der Waals surface area (Å²) >= 11 is 0. The molecule has 5 nitrogen and oxygen atoms in total. The first-order valence-corrected chi connectivity index (χ1v) is 7.88. The van der Waals surface area contributed by atoms with Crippen molar-refractivity contribution in [2.45, 2.75) is 38.3 Å². The van der Waals surface area contributed by atoms with Gasteiger partial charge in [0.1, 0.15) is 0 Å². The van der Waals surface area contributed by atoms with Gasteiger partial charge >= 0.3 is 5.97 Å². The average Bonchev–Trinajstić information content (AvgIpc) is 3.18. The highest BCUT2D eigenvalue weighted by atomic mass is 16.5. The van der Waals surface area contributed by atoms with Gasteiger partial charge in [-0.2, -0.15) is 0 Å². The third kappa shape index (κ3) is 3.30. The molecule has 1 N–H and O–H groups in total. The third-order valence-electron chi connectivity index (χ3n) is 4.72. The summed E-state index contributed by atoms with van der Waals surface area (Å²) in [6.07, 6.45) is 6.71. The highest BCUT2D eigenvalue weighted by Crippen LogP contribution is 2.26. The van der Waals surface area contributed by atoms with Gasteiger partial charge in [-0.05, 0) is 50.8 Å². The molecule has 2 unspecified atom stereocenters. The van der Waals surface area contributed by atoms with Crippen molar-refractivity contribution in [1.29, 1.82) is 0 Å². The highest BCUT2D eigenvalue weighted by Gasteiger charge is 2.29. The number of nitrogens with zero attached hydrogens (tertiary/aromatic N) is 1. The molecule has 21 heavy (non-hydrogen) atoms. The average molecular weight is 292 g/mol. The number of furan rings is 1. The van der Waals surface area contributed by atoms with Gasteiger partial charge in [-0.3, -0.25) is 4.90 Å². The van der Waals surface area contributed by atoms with E-state index < -0.39 is 0 Å². The smallest absolute Gasteiger partial charge is 0.374 e. The number of methoxy groups -OCH3 is 1. The summed E-state index contributed by atoms with van der Waals surface area (Å²) in [5, 5.41) is 3.63. The fourth-order valence-corrected chi connectivity index (χ4v) is 3.65. The molecular formula is C16H24N2O3. The second-order valence-corrected chi connectivity index (χ2v) is 6.11. The molecule has 1 aromatic rings. The third-order valence-corrected chi connectivity index (χ3v) is 4.72. The van der Waals surface area contributed by atoms with Crippen LogP contribution in [0.15, 0.2) is 16.7 Å². The van der Waals surface area contributed by atoms with Crippen LogP contribution >= 0.6 is 0 Å². The van der Waals surface area contributed by atoms with Crippen molar-refractivity contribution in [1.82, 2.24) is 10.2 Å². The summed E-state index contributed by atoms with van der Waals surface area (Å²) in [5.74, 6) is 0.689. The quantitative estimate of drug-likeness (QED) is 0.861. The molecule has 2 aliphatic rings. The van der Waals surface area contributed by atoms with Crippen molar-refractivity contribution in [3.05, 3.63) is 23.7 Å². The normalized spacial score (nSPS) is 26.9. The summed E-state index contributed by atoms with van der Waals surface area (Å²) in [6.45, 7) is 4.12. The Morgan fingerprint density at radius 3 is 3.14 bits per heavy atom. The van der Waals surface area contributed by atoms with E-state index in [2.05, 4.69) is 10.2 Å². The number of hydrogen-bond donors (Lipinski definition) is 1. The van der Waals surface area contributed by atoms with E-state index in [1.54, 1.807) is 6.26 Å². The second-order valence-electron chi connectivity index (χ2n) is 6.11. The molecule has 3 rings (SSSR count). The Morgan fingerprint density at radius 2 is 2.38 bits per heavy atom. The minimum absolute atomic E-state index is 0.346. The number of hydrogen-bond acceptors (Lipinski definition) is 5. The lowest BCUT2D eigenvalue weighted by Gasteiger charge is -2.35. The first-order chi connectivity index (χ1) is 10.3. The molecule has 0 saturated carbocycles. The zero-order chi connectivity index (χ0) is 14.7. The molecule has 2 saturated heterocycles. The van der Waals surface area contributed by atoms with Crippen molar-refractivity contribution in [2.75, 3.05) is 26.7 Å². The highest BCUT2D eigenvalue weighted by molar-refractivity contribution is 5.87. The molecule has 1 aromatic heterocycles. The molecule has 0 radical (unpaired) electrons. The van der Waals surface area contributed by atoms with Gasteiger partial charge in [0.2, 0.25) is 5.76 Å². The maximum absolute atomic E-state index is 11.7. The molecule has 2 atom stereocenters. The molecule has 0 bridgehead atoms. The Hall–Kier alpha value is -1.33. The lowest BCUT2D eigenvalue weighted by Crippen LogP contribution is -2.43. The van der Waals surface area contributed by atoms with Gasteiger partial charge in [0, 0.05) is 24.7 Å². The SMILES string of the molecule is COC(=O)c1occc1CN1CCCC(C2CCCN2)C1. The van der Waals surface area contributed by atoms with Gasteiger partial charge < -0.3 is 14.5 Å². The van der Waals surface area contributed by atoms with Crippen LogP contribution in [-0.2, 0) is 11.3 Å². The van der Waals surface area contributed by atoms with Gasteiger partial charge in [-0.15, -0.1) is 0 Å². The Morgan fingerprint density at radius 1 is 1.48 bits per heavy atom. The monoisotopic (exact) mass is 292 g/mol. The van der Waals surface area contributed by atoms with E-state index in [0.29, 0.717) is 11.8 Å². The van der Waals surface area contributed by atoms with E-state index >= 15 is 0 Å². The van der Waals surface area contributed by atoms with Gasteiger partial charge in [0.25, 0.3) is 0 Å². The van der Waals surface area contributed by atoms with Crippen molar-refractivity contribution in [3.8, 4) is 0 Å². The number of rotatable bonds is 4. The predicted octanol–water partition coefficient (Wildman–Crippen LogP) is 2.03. The molecule has 0 aliphatic carbocycles. The summed E-state index contributed by atoms with van der Waals surface area (Å²) in [7, 11) is 1.39. The van der Waals surface area contributed by atoms with Crippen LogP contribution in [0.5, 0.6) is 0 Å². The molecule has 0 aromatic carbocycles. The number of piperidine rings is 1. The van der Waals surface area contributed by atoms with Crippen LogP contribution in [0.2, 0.25) is 0 Å². The topological polar surface area (TPSA) is 54.7 Å². The lowest BCUT2D eigenvalue weighted by atomic mass is 9.89. The Kier molecular flexibility index (Phi) is 4.60. The minimum Gasteiger partial charge on any atom is -0.463 e. The van der Waals surface area contributed by atoms with Crippen LogP contribution in [0, 0.1) is 5.92 Å². The molecule has 5 heteroatoms. The Labute approximate surface area is 125 Å². The predicted molar refractivity (Wildman–Crippen MR) is 79.1 cm³/mol. The van der Waals surface area contributed by atoms with E-state index in [1.165, 1.54) is 32.8 Å². The van der Waals surface area contributed by atoms with Crippen LogP contribution in [-0.4, -0.2) is 43.7 Å². The van der Waals surface area contributed by atoms with Gasteiger partial charge in [-0.25, -0.2) is 4.79 Å². The van der Waals surface area contributed by atoms with Crippen LogP contribution in [0.25, 0.3) is 0 Å². The number of carbonyl (C=O) groups is 1. The molecular weight excluding hydrogens is 268 g/mol.